The molecule has 1 heterocycles. The Morgan fingerprint density at radius 3 is 2.21 bits per heavy atom. The van der Waals surface area contributed by atoms with Crippen molar-refractivity contribution < 1.29 is 13.2 Å². The number of rotatable bonds is 6. The van der Waals surface area contributed by atoms with E-state index in [4.69, 9.17) is 5.14 Å². The normalized spacial score (nSPS) is 12.4. The molecule has 0 aliphatic heterocycles. The highest BCUT2D eigenvalue weighted by Crippen LogP contribution is 2.22. The second-order valence-electron chi connectivity index (χ2n) is 4.49. The van der Waals surface area contributed by atoms with Crippen molar-refractivity contribution in [2.45, 2.75) is 49.8 Å². The van der Waals surface area contributed by atoms with Crippen molar-refractivity contribution in [1.82, 2.24) is 5.32 Å². The number of nitrogens with one attached hydrogen (secondary N) is 1. The van der Waals surface area contributed by atoms with Crippen molar-refractivity contribution in [3.8, 4) is 0 Å². The van der Waals surface area contributed by atoms with Crippen molar-refractivity contribution in [2.75, 3.05) is 0 Å². The first-order valence-electron chi connectivity index (χ1n) is 6.22. The summed E-state index contributed by atoms with van der Waals surface area (Å²) < 4.78 is 22.4. The molecule has 1 rings (SSSR count). The van der Waals surface area contributed by atoms with Crippen LogP contribution in [0.15, 0.2) is 15.7 Å². The summed E-state index contributed by atoms with van der Waals surface area (Å²) in [5.41, 5.74) is 0.106. The molecule has 7 heteroatoms. The third-order valence-corrected chi connectivity index (χ3v) is 5.91. The van der Waals surface area contributed by atoms with Gasteiger partial charge in [0.2, 0.25) is 10.0 Å². The summed E-state index contributed by atoms with van der Waals surface area (Å²) in [6, 6.07) is 1.32. The minimum atomic E-state index is -3.74. The second-order valence-corrected chi connectivity index (χ2v) is 7.19. The van der Waals surface area contributed by atoms with Gasteiger partial charge in [0.25, 0.3) is 5.91 Å². The van der Waals surface area contributed by atoms with Crippen LogP contribution in [0.3, 0.4) is 0 Å². The topological polar surface area (TPSA) is 89.3 Å². The summed E-state index contributed by atoms with van der Waals surface area (Å²) in [6.07, 6.45) is 2.49. The molecule has 0 radical (unpaired) electrons. The first-order valence-corrected chi connectivity index (χ1v) is 8.64. The largest absolute Gasteiger partial charge is 0.347 e. The summed E-state index contributed by atoms with van der Waals surface area (Å²) in [6.45, 7) is 6.07. The molecule has 5 nitrogen and oxygen atoms in total. The average molecular weight is 304 g/mol. The standard InChI is InChI=1S/C12H20N2O3S2/c1-4-12(5-2,6-3)14-11(15)9-7-10(18-8-9)19(13,16)17/h7-8H,4-6H2,1-3H3,(H,14,15)(H2,13,16,17). The van der Waals surface area contributed by atoms with Crippen LogP contribution in [0.5, 0.6) is 0 Å². The minimum absolute atomic E-state index is 0.00717. The van der Waals surface area contributed by atoms with Gasteiger partial charge in [-0.2, -0.15) is 0 Å². The van der Waals surface area contributed by atoms with E-state index in [1.54, 1.807) is 0 Å². The fourth-order valence-corrected chi connectivity index (χ4v) is 3.50. The molecule has 0 aliphatic carbocycles. The fourth-order valence-electron chi connectivity index (χ4n) is 1.91. The van der Waals surface area contributed by atoms with E-state index in [2.05, 4.69) is 5.32 Å². The number of primary sulfonamides is 1. The lowest BCUT2D eigenvalue weighted by molar-refractivity contribution is 0.0888. The van der Waals surface area contributed by atoms with Crippen molar-refractivity contribution in [3.05, 3.63) is 17.0 Å². The lowest BCUT2D eigenvalue weighted by Gasteiger charge is -2.31. The second kappa shape index (κ2) is 6.02. The highest BCUT2D eigenvalue weighted by atomic mass is 32.2. The van der Waals surface area contributed by atoms with Crippen LogP contribution < -0.4 is 10.5 Å². The monoisotopic (exact) mass is 304 g/mol. The van der Waals surface area contributed by atoms with Gasteiger partial charge in [-0.15, -0.1) is 11.3 Å². The zero-order valence-corrected chi connectivity index (χ0v) is 13.0. The number of nitrogens with two attached hydrogens (primary N) is 1. The Labute approximate surface area is 118 Å². The first kappa shape index (κ1) is 16.1. The third-order valence-electron chi connectivity index (χ3n) is 3.53. The van der Waals surface area contributed by atoms with Crippen molar-refractivity contribution in [3.63, 3.8) is 0 Å². The lowest BCUT2D eigenvalue weighted by Crippen LogP contribution is -2.47. The van der Waals surface area contributed by atoms with Crippen LogP contribution in [0.2, 0.25) is 0 Å². The van der Waals surface area contributed by atoms with Gasteiger partial charge in [-0.25, -0.2) is 13.6 Å². The molecule has 0 unspecified atom stereocenters. The molecule has 0 atom stereocenters. The number of hydrogen-bond donors (Lipinski definition) is 2. The van der Waals surface area contributed by atoms with Crippen molar-refractivity contribution >= 4 is 27.3 Å². The number of thiophene rings is 1. The van der Waals surface area contributed by atoms with Crippen LogP contribution in [-0.2, 0) is 10.0 Å². The third kappa shape index (κ3) is 3.77. The Kier molecular flexibility index (Phi) is 5.11. The summed E-state index contributed by atoms with van der Waals surface area (Å²) in [5.74, 6) is -0.253. The maximum Gasteiger partial charge on any atom is 0.252 e. The number of sulfonamides is 1. The molecule has 0 bridgehead atoms. The number of amides is 1. The number of carbonyl (C=O) groups excluding carboxylic acids is 1. The van der Waals surface area contributed by atoms with Gasteiger partial charge in [0, 0.05) is 10.9 Å². The highest BCUT2D eigenvalue weighted by molar-refractivity contribution is 7.91. The van der Waals surface area contributed by atoms with Gasteiger partial charge in [-0.05, 0) is 25.3 Å². The Hall–Kier alpha value is -0.920. The van der Waals surface area contributed by atoms with E-state index in [-0.39, 0.29) is 15.7 Å². The predicted octanol–water partition coefficient (Wildman–Crippen LogP) is 2.09. The summed E-state index contributed by atoms with van der Waals surface area (Å²) in [4.78, 5) is 12.1. The predicted molar refractivity (Wildman–Crippen MR) is 76.8 cm³/mol. The molecular weight excluding hydrogens is 284 g/mol. The van der Waals surface area contributed by atoms with Gasteiger partial charge in [0.15, 0.2) is 0 Å². The van der Waals surface area contributed by atoms with Crippen molar-refractivity contribution in [1.29, 1.82) is 0 Å². The fraction of sp³-hybridized carbons (Fsp3) is 0.583. The van der Waals surface area contributed by atoms with E-state index < -0.39 is 10.0 Å². The van der Waals surface area contributed by atoms with E-state index in [9.17, 15) is 13.2 Å². The Balaban J connectivity index is 2.93. The SMILES string of the molecule is CCC(CC)(CC)NC(=O)c1csc(S(N)(=O)=O)c1. The number of hydrogen-bond acceptors (Lipinski definition) is 4. The molecule has 3 N–H and O–H groups in total. The molecule has 0 saturated carbocycles. The molecule has 1 aromatic rings. The Morgan fingerprint density at radius 2 is 1.84 bits per heavy atom. The Bertz CT molecular complexity index is 537. The minimum Gasteiger partial charge on any atom is -0.347 e. The summed E-state index contributed by atoms with van der Waals surface area (Å²) >= 11 is 0.960. The van der Waals surface area contributed by atoms with Crippen LogP contribution in [0.1, 0.15) is 50.4 Å². The van der Waals surface area contributed by atoms with Crippen molar-refractivity contribution in [2.24, 2.45) is 5.14 Å². The quantitative estimate of drug-likeness (QED) is 0.843. The molecule has 0 spiro atoms. The number of carbonyl (C=O) groups is 1. The average Bonchev–Trinajstić information content (AvgIpc) is 2.85. The smallest absolute Gasteiger partial charge is 0.252 e. The van der Waals surface area contributed by atoms with Gasteiger partial charge >= 0.3 is 0 Å². The van der Waals surface area contributed by atoms with Crippen LogP contribution in [0.25, 0.3) is 0 Å². The van der Waals surface area contributed by atoms with E-state index in [0.717, 1.165) is 30.6 Å². The highest BCUT2D eigenvalue weighted by Gasteiger charge is 2.27. The van der Waals surface area contributed by atoms with Crippen LogP contribution in [0, 0.1) is 0 Å². The molecule has 0 aromatic carbocycles. The van der Waals surface area contributed by atoms with Gasteiger partial charge in [-0.1, -0.05) is 20.8 Å². The van der Waals surface area contributed by atoms with Crippen LogP contribution >= 0.6 is 11.3 Å². The molecule has 1 amide bonds. The zero-order chi connectivity index (χ0) is 14.7. The van der Waals surface area contributed by atoms with E-state index in [1.165, 1.54) is 11.4 Å². The molecule has 1 aromatic heterocycles. The summed E-state index contributed by atoms with van der Waals surface area (Å²) in [5, 5.41) is 9.53. The molecule has 0 saturated heterocycles. The van der Waals surface area contributed by atoms with Gasteiger partial charge in [-0.3, -0.25) is 4.79 Å². The lowest BCUT2D eigenvalue weighted by atomic mass is 9.89. The van der Waals surface area contributed by atoms with E-state index in [1.807, 2.05) is 20.8 Å². The van der Waals surface area contributed by atoms with Gasteiger partial charge < -0.3 is 5.32 Å². The summed E-state index contributed by atoms with van der Waals surface area (Å²) in [7, 11) is -3.74. The molecular formula is C12H20N2O3S2. The molecule has 19 heavy (non-hydrogen) atoms. The molecule has 0 fully saturated rings. The maximum atomic E-state index is 12.1. The maximum absolute atomic E-state index is 12.1. The zero-order valence-electron chi connectivity index (χ0n) is 11.4. The van der Waals surface area contributed by atoms with E-state index in [0.29, 0.717) is 5.56 Å². The van der Waals surface area contributed by atoms with Crippen LogP contribution in [0.4, 0.5) is 0 Å². The van der Waals surface area contributed by atoms with Gasteiger partial charge in [0.1, 0.15) is 4.21 Å². The van der Waals surface area contributed by atoms with E-state index >= 15 is 0 Å². The first-order chi connectivity index (χ1) is 8.78. The van der Waals surface area contributed by atoms with Gasteiger partial charge in [0.05, 0.1) is 5.56 Å². The van der Waals surface area contributed by atoms with Crippen LogP contribution in [-0.4, -0.2) is 19.9 Å². The molecule has 108 valence electrons. The Morgan fingerprint density at radius 1 is 1.32 bits per heavy atom. The molecule has 0 aliphatic rings.